The van der Waals surface area contributed by atoms with Crippen LogP contribution in [0.4, 0.5) is 11.4 Å². The summed E-state index contributed by atoms with van der Waals surface area (Å²) in [5, 5.41) is 2.79. The van der Waals surface area contributed by atoms with Gasteiger partial charge in [0, 0.05) is 24.1 Å². The van der Waals surface area contributed by atoms with Crippen molar-refractivity contribution in [2.75, 3.05) is 22.5 Å². The quantitative estimate of drug-likeness (QED) is 0.715. The van der Waals surface area contributed by atoms with E-state index in [4.69, 9.17) is 0 Å². The number of hydrogen-bond acceptors (Lipinski definition) is 3. The van der Waals surface area contributed by atoms with E-state index in [1.165, 1.54) is 32.6 Å². The Labute approximate surface area is 143 Å². The molecule has 1 aromatic rings. The first kappa shape index (κ1) is 17.9. The molecule has 23 heavy (non-hydrogen) atoms. The molecule has 2 rings (SSSR count). The molecule has 1 aromatic carbocycles. The number of nitrogens with one attached hydrogen (secondary N) is 1. The van der Waals surface area contributed by atoms with Crippen LogP contribution in [0, 0.1) is 0 Å². The van der Waals surface area contributed by atoms with Crippen LogP contribution in [0.1, 0.15) is 52.4 Å². The van der Waals surface area contributed by atoms with Crippen LogP contribution < -0.4 is 10.2 Å². The standard InChI is InChI=1S/C18H26N2O2S/c1-3-4-5-6-7-8-11-20-16-12-15(19-14(2)21)9-10-17(16)23-13-18(20)22/h9-10,12H,3-8,11,13H2,1-2H3,(H,19,21). The first-order chi connectivity index (χ1) is 11.1. The van der Waals surface area contributed by atoms with Crippen LogP contribution in [-0.2, 0) is 9.59 Å². The number of unbranched alkanes of at least 4 members (excludes halogenated alkanes) is 5. The van der Waals surface area contributed by atoms with E-state index in [9.17, 15) is 9.59 Å². The van der Waals surface area contributed by atoms with Gasteiger partial charge in [0.15, 0.2) is 0 Å². The van der Waals surface area contributed by atoms with Crippen molar-refractivity contribution in [3.05, 3.63) is 18.2 Å². The van der Waals surface area contributed by atoms with Crippen molar-refractivity contribution >= 4 is 35.0 Å². The van der Waals surface area contributed by atoms with Crippen molar-refractivity contribution in [3.63, 3.8) is 0 Å². The highest BCUT2D eigenvalue weighted by Gasteiger charge is 2.24. The molecule has 0 radical (unpaired) electrons. The average molecular weight is 334 g/mol. The Hall–Kier alpha value is -1.49. The lowest BCUT2D eigenvalue weighted by Gasteiger charge is -2.29. The maximum atomic E-state index is 12.3. The summed E-state index contributed by atoms with van der Waals surface area (Å²) in [6.45, 7) is 4.48. The summed E-state index contributed by atoms with van der Waals surface area (Å²) in [5.41, 5.74) is 1.69. The Kier molecular flexibility index (Phi) is 6.96. The minimum atomic E-state index is -0.0952. The minimum absolute atomic E-state index is 0.0952. The van der Waals surface area contributed by atoms with Gasteiger partial charge in [-0.1, -0.05) is 39.0 Å². The molecule has 1 aliphatic rings. The van der Waals surface area contributed by atoms with E-state index < -0.39 is 0 Å². The van der Waals surface area contributed by atoms with Gasteiger partial charge in [-0.25, -0.2) is 0 Å². The van der Waals surface area contributed by atoms with Crippen molar-refractivity contribution in [1.29, 1.82) is 0 Å². The second kappa shape index (κ2) is 8.96. The predicted molar refractivity (Wildman–Crippen MR) is 97.2 cm³/mol. The monoisotopic (exact) mass is 334 g/mol. The number of carbonyl (C=O) groups is 2. The minimum Gasteiger partial charge on any atom is -0.326 e. The molecule has 0 aromatic heterocycles. The second-order valence-electron chi connectivity index (χ2n) is 5.97. The molecule has 0 fully saturated rings. The van der Waals surface area contributed by atoms with Crippen molar-refractivity contribution in [1.82, 2.24) is 0 Å². The van der Waals surface area contributed by atoms with Crippen LogP contribution in [0.25, 0.3) is 0 Å². The number of benzene rings is 1. The van der Waals surface area contributed by atoms with Crippen LogP contribution in [0.3, 0.4) is 0 Å². The summed E-state index contributed by atoms with van der Waals surface area (Å²) < 4.78 is 0. The fourth-order valence-electron chi connectivity index (χ4n) is 2.78. The van der Waals surface area contributed by atoms with Gasteiger partial charge in [0.25, 0.3) is 0 Å². The Balaban J connectivity index is 1.99. The third-order valence-corrected chi connectivity index (χ3v) is 5.01. The Morgan fingerprint density at radius 3 is 2.70 bits per heavy atom. The first-order valence-electron chi connectivity index (χ1n) is 8.46. The largest absolute Gasteiger partial charge is 0.326 e. The zero-order valence-corrected chi connectivity index (χ0v) is 14.9. The molecule has 0 unspecified atom stereocenters. The molecule has 1 heterocycles. The summed E-state index contributed by atoms with van der Waals surface area (Å²) >= 11 is 1.57. The van der Waals surface area contributed by atoms with Gasteiger partial charge in [0.05, 0.1) is 11.4 Å². The average Bonchev–Trinajstić information content (AvgIpc) is 2.52. The predicted octanol–water partition coefficient (Wildman–Crippen LogP) is 4.44. The Bertz CT molecular complexity index is 560. The second-order valence-corrected chi connectivity index (χ2v) is 6.98. The van der Waals surface area contributed by atoms with Gasteiger partial charge in [-0.05, 0) is 24.6 Å². The molecular formula is C18H26N2O2S. The molecule has 4 nitrogen and oxygen atoms in total. The summed E-state index contributed by atoms with van der Waals surface area (Å²) in [5.74, 6) is 0.570. The number of nitrogens with zero attached hydrogens (tertiary/aromatic N) is 1. The topological polar surface area (TPSA) is 49.4 Å². The van der Waals surface area contributed by atoms with Gasteiger partial charge in [-0.15, -0.1) is 11.8 Å². The molecule has 2 amide bonds. The number of fused-ring (bicyclic) bond motifs is 1. The third-order valence-electron chi connectivity index (χ3n) is 3.96. The Morgan fingerprint density at radius 1 is 1.22 bits per heavy atom. The highest BCUT2D eigenvalue weighted by molar-refractivity contribution is 8.00. The number of amides is 2. The van der Waals surface area contributed by atoms with Gasteiger partial charge < -0.3 is 10.2 Å². The highest BCUT2D eigenvalue weighted by Crippen LogP contribution is 2.37. The fourth-order valence-corrected chi connectivity index (χ4v) is 3.69. The number of carbonyl (C=O) groups excluding carboxylic acids is 2. The van der Waals surface area contributed by atoms with Gasteiger partial charge in [-0.2, -0.15) is 0 Å². The van der Waals surface area contributed by atoms with Crippen molar-refractivity contribution in [2.24, 2.45) is 0 Å². The molecule has 126 valence electrons. The molecule has 0 saturated heterocycles. The molecule has 0 bridgehead atoms. The van der Waals surface area contributed by atoms with Gasteiger partial charge in [-0.3, -0.25) is 9.59 Å². The molecule has 0 spiro atoms. The van der Waals surface area contributed by atoms with Crippen molar-refractivity contribution in [2.45, 2.75) is 57.3 Å². The zero-order chi connectivity index (χ0) is 16.7. The van der Waals surface area contributed by atoms with Crippen LogP contribution >= 0.6 is 11.8 Å². The number of rotatable bonds is 8. The molecule has 1 aliphatic heterocycles. The van der Waals surface area contributed by atoms with Crippen LogP contribution in [0.5, 0.6) is 0 Å². The zero-order valence-electron chi connectivity index (χ0n) is 14.1. The van der Waals surface area contributed by atoms with Gasteiger partial charge in [0.2, 0.25) is 11.8 Å². The number of hydrogen-bond donors (Lipinski definition) is 1. The lowest BCUT2D eigenvalue weighted by atomic mass is 10.1. The van der Waals surface area contributed by atoms with Crippen molar-refractivity contribution < 1.29 is 9.59 Å². The summed E-state index contributed by atoms with van der Waals surface area (Å²) in [7, 11) is 0. The van der Waals surface area contributed by atoms with Gasteiger partial charge in [0.1, 0.15) is 0 Å². The lowest BCUT2D eigenvalue weighted by Crippen LogP contribution is -2.36. The fraction of sp³-hybridized carbons (Fsp3) is 0.556. The van der Waals surface area contributed by atoms with E-state index in [-0.39, 0.29) is 11.8 Å². The van der Waals surface area contributed by atoms with E-state index in [2.05, 4.69) is 12.2 Å². The third kappa shape index (κ3) is 5.27. The first-order valence-corrected chi connectivity index (χ1v) is 9.45. The molecule has 5 heteroatoms. The normalized spacial score (nSPS) is 13.8. The molecule has 0 saturated carbocycles. The highest BCUT2D eigenvalue weighted by atomic mass is 32.2. The van der Waals surface area contributed by atoms with Crippen molar-refractivity contribution in [3.8, 4) is 0 Å². The van der Waals surface area contributed by atoms with E-state index in [1.54, 1.807) is 11.8 Å². The van der Waals surface area contributed by atoms with Crippen LogP contribution in [-0.4, -0.2) is 24.1 Å². The Morgan fingerprint density at radius 2 is 1.96 bits per heavy atom. The van der Waals surface area contributed by atoms with Crippen LogP contribution in [0.2, 0.25) is 0 Å². The summed E-state index contributed by atoms with van der Waals surface area (Å²) in [4.78, 5) is 26.5. The molecular weight excluding hydrogens is 308 g/mol. The summed E-state index contributed by atoms with van der Waals surface area (Å²) in [6.07, 6.45) is 7.26. The molecule has 1 N–H and O–H groups in total. The van der Waals surface area contributed by atoms with E-state index in [0.717, 1.165) is 35.7 Å². The molecule has 0 aliphatic carbocycles. The lowest BCUT2D eigenvalue weighted by molar-refractivity contribution is -0.116. The maximum Gasteiger partial charge on any atom is 0.237 e. The number of anilines is 2. The smallest absolute Gasteiger partial charge is 0.237 e. The maximum absolute atomic E-state index is 12.3. The SMILES string of the molecule is CCCCCCCCN1C(=O)CSc2ccc(NC(C)=O)cc21. The van der Waals surface area contributed by atoms with E-state index in [0.29, 0.717) is 5.75 Å². The number of thioether (sulfide) groups is 1. The van der Waals surface area contributed by atoms with E-state index in [1.807, 2.05) is 23.1 Å². The van der Waals surface area contributed by atoms with Gasteiger partial charge >= 0.3 is 0 Å². The summed E-state index contributed by atoms with van der Waals surface area (Å²) in [6, 6.07) is 5.80. The van der Waals surface area contributed by atoms with E-state index >= 15 is 0 Å². The molecule has 0 atom stereocenters. The van der Waals surface area contributed by atoms with Crippen LogP contribution in [0.15, 0.2) is 23.1 Å².